The van der Waals surface area contributed by atoms with Crippen molar-refractivity contribution in [1.29, 1.82) is 0 Å². The molecular formula is C16H15N3O2. The molecule has 0 bridgehead atoms. The average Bonchev–Trinajstić information content (AvgIpc) is 3.05. The van der Waals surface area contributed by atoms with Crippen LogP contribution in [-0.2, 0) is 4.74 Å². The summed E-state index contributed by atoms with van der Waals surface area (Å²) in [6.45, 7) is 2.23. The zero-order chi connectivity index (χ0) is 14.1. The van der Waals surface area contributed by atoms with Crippen molar-refractivity contribution in [2.75, 3.05) is 19.7 Å². The number of nitrogens with one attached hydrogen (secondary N) is 1. The van der Waals surface area contributed by atoms with Crippen molar-refractivity contribution in [3.8, 4) is 11.4 Å². The standard InChI is InChI=1S/C16H15N3O2/c1-2-6-12-11(4-1)5-3-7-13(12)15-18-16(21-19-15)14-10-17-8-9-20-14/h1-7,14,17H,8-10H2/t14-/m1/s1. The second-order valence-electron chi connectivity index (χ2n) is 5.05. The Bertz CT molecular complexity index is 758. The normalized spacial score (nSPS) is 19.0. The van der Waals surface area contributed by atoms with Crippen LogP contribution in [0.4, 0.5) is 0 Å². The van der Waals surface area contributed by atoms with Crippen LogP contribution in [0.5, 0.6) is 0 Å². The molecule has 0 saturated carbocycles. The fourth-order valence-electron chi connectivity index (χ4n) is 2.62. The van der Waals surface area contributed by atoms with E-state index in [4.69, 9.17) is 9.26 Å². The van der Waals surface area contributed by atoms with E-state index in [1.807, 2.05) is 24.3 Å². The van der Waals surface area contributed by atoms with Crippen LogP contribution < -0.4 is 5.32 Å². The molecule has 0 radical (unpaired) electrons. The van der Waals surface area contributed by atoms with Gasteiger partial charge in [0, 0.05) is 18.7 Å². The second-order valence-corrected chi connectivity index (χ2v) is 5.05. The van der Waals surface area contributed by atoms with Gasteiger partial charge in [0.05, 0.1) is 6.61 Å². The first-order valence-corrected chi connectivity index (χ1v) is 7.06. The largest absolute Gasteiger partial charge is 0.366 e. The molecule has 2 heterocycles. The maximum Gasteiger partial charge on any atom is 0.257 e. The first-order valence-electron chi connectivity index (χ1n) is 7.06. The number of morpholine rings is 1. The molecule has 1 saturated heterocycles. The van der Waals surface area contributed by atoms with Gasteiger partial charge in [0.25, 0.3) is 5.89 Å². The molecule has 1 aliphatic rings. The molecule has 0 aliphatic carbocycles. The fraction of sp³-hybridized carbons (Fsp3) is 0.250. The summed E-state index contributed by atoms with van der Waals surface area (Å²) in [5.74, 6) is 1.14. The van der Waals surface area contributed by atoms with E-state index >= 15 is 0 Å². The molecule has 0 amide bonds. The lowest BCUT2D eigenvalue weighted by Gasteiger charge is -2.19. The van der Waals surface area contributed by atoms with Crippen molar-refractivity contribution in [2.45, 2.75) is 6.10 Å². The maximum atomic E-state index is 5.64. The monoisotopic (exact) mass is 281 g/mol. The van der Waals surface area contributed by atoms with Gasteiger partial charge in [0.15, 0.2) is 0 Å². The van der Waals surface area contributed by atoms with Crippen LogP contribution in [0.2, 0.25) is 0 Å². The number of hydrogen-bond donors (Lipinski definition) is 1. The molecule has 1 aliphatic heterocycles. The summed E-state index contributed by atoms with van der Waals surface area (Å²) in [6.07, 6.45) is -0.157. The van der Waals surface area contributed by atoms with E-state index in [0.717, 1.165) is 22.9 Å². The topological polar surface area (TPSA) is 60.2 Å². The van der Waals surface area contributed by atoms with Gasteiger partial charge < -0.3 is 14.6 Å². The molecule has 0 unspecified atom stereocenters. The molecule has 106 valence electrons. The molecule has 1 atom stereocenters. The summed E-state index contributed by atoms with van der Waals surface area (Å²) >= 11 is 0. The van der Waals surface area contributed by atoms with Crippen molar-refractivity contribution in [3.63, 3.8) is 0 Å². The van der Waals surface area contributed by atoms with Crippen LogP contribution in [0.25, 0.3) is 22.2 Å². The minimum absolute atomic E-state index is 0.157. The van der Waals surface area contributed by atoms with E-state index in [2.05, 4.69) is 33.7 Å². The highest BCUT2D eigenvalue weighted by atomic mass is 16.5. The van der Waals surface area contributed by atoms with Gasteiger partial charge in [-0.15, -0.1) is 0 Å². The SMILES string of the molecule is c1ccc2c(-c3noc([C@H]4CNCCO4)n3)cccc2c1. The summed E-state index contributed by atoms with van der Waals surface area (Å²) < 4.78 is 11.0. The fourth-order valence-corrected chi connectivity index (χ4v) is 2.62. The van der Waals surface area contributed by atoms with E-state index in [9.17, 15) is 0 Å². The van der Waals surface area contributed by atoms with Crippen molar-refractivity contribution >= 4 is 10.8 Å². The highest BCUT2D eigenvalue weighted by molar-refractivity contribution is 5.94. The van der Waals surface area contributed by atoms with Crippen LogP contribution in [0.3, 0.4) is 0 Å². The Labute approximate surface area is 121 Å². The lowest BCUT2D eigenvalue weighted by Crippen LogP contribution is -2.33. The molecular weight excluding hydrogens is 266 g/mol. The molecule has 21 heavy (non-hydrogen) atoms. The smallest absolute Gasteiger partial charge is 0.257 e. The Morgan fingerprint density at radius 1 is 1.10 bits per heavy atom. The van der Waals surface area contributed by atoms with Gasteiger partial charge in [-0.25, -0.2) is 0 Å². The molecule has 3 aromatic rings. The van der Waals surface area contributed by atoms with Crippen LogP contribution in [-0.4, -0.2) is 29.8 Å². The van der Waals surface area contributed by atoms with Crippen molar-refractivity contribution in [3.05, 3.63) is 48.4 Å². The first kappa shape index (κ1) is 12.5. The van der Waals surface area contributed by atoms with Crippen LogP contribution in [0.15, 0.2) is 47.0 Å². The number of benzene rings is 2. The van der Waals surface area contributed by atoms with E-state index in [0.29, 0.717) is 24.9 Å². The summed E-state index contributed by atoms with van der Waals surface area (Å²) in [6, 6.07) is 14.3. The van der Waals surface area contributed by atoms with Gasteiger partial charge in [-0.05, 0) is 10.8 Å². The molecule has 0 spiro atoms. The molecule has 4 rings (SSSR count). The average molecular weight is 281 g/mol. The Morgan fingerprint density at radius 3 is 2.90 bits per heavy atom. The van der Waals surface area contributed by atoms with Gasteiger partial charge in [-0.1, -0.05) is 47.6 Å². The highest BCUT2D eigenvalue weighted by Crippen LogP contribution is 2.28. The summed E-state index contributed by atoms with van der Waals surface area (Å²) in [7, 11) is 0. The Kier molecular flexibility index (Phi) is 3.14. The summed E-state index contributed by atoms with van der Waals surface area (Å²) in [5.41, 5.74) is 0.979. The van der Waals surface area contributed by atoms with E-state index in [-0.39, 0.29) is 6.10 Å². The van der Waals surface area contributed by atoms with Crippen LogP contribution >= 0.6 is 0 Å². The van der Waals surface area contributed by atoms with Gasteiger partial charge in [-0.2, -0.15) is 4.98 Å². The molecule has 1 fully saturated rings. The number of aromatic nitrogens is 2. The minimum atomic E-state index is -0.157. The molecule has 1 aromatic heterocycles. The third-order valence-corrected chi connectivity index (χ3v) is 3.68. The Morgan fingerprint density at radius 2 is 2.00 bits per heavy atom. The van der Waals surface area contributed by atoms with E-state index < -0.39 is 0 Å². The second kappa shape index (κ2) is 5.27. The summed E-state index contributed by atoms with van der Waals surface area (Å²) in [5, 5.41) is 9.66. The molecule has 5 nitrogen and oxygen atoms in total. The number of ether oxygens (including phenoxy) is 1. The Balaban J connectivity index is 1.74. The number of hydrogen-bond acceptors (Lipinski definition) is 5. The van der Waals surface area contributed by atoms with Gasteiger partial charge in [0.1, 0.15) is 6.10 Å². The lowest BCUT2D eigenvalue weighted by molar-refractivity contribution is 0.00755. The van der Waals surface area contributed by atoms with E-state index in [1.54, 1.807) is 0 Å². The number of fused-ring (bicyclic) bond motifs is 1. The lowest BCUT2D eigenvalue weighted by atomic mass is 10.0. The predicted octanol–water partition coefficient (Wildman–Crippen LogP) is 2.55. The number of nitrogens with zero attached hydrogens (tertiary/aromatic N) is 2. The predicted molar refractivity (Wildman–Crippen MR) is 78.8 cm³/mol. The van der Waals surface area contributed by atoms with Gasteiger partial charge in [-0.3, -0.25) is 0 Å². The van der Waals surface area contributed by atoms with Crippen LogP contribution in [0, 0.1) is 0 Å². The van der Waals surface area contributed by atoms with Crippen molar-refractivity contribution < 1.29 is 9.26 Å². The minimum Gasteiger partial charge on any atom is -0.366 e. The number of rotatable bonds is 2. The van der Waals surface area contributed by atoms with E-state index in [1.165, 1.54) is 0 Å². The van der Waals surface area contributed by atoms with Gasteiger partial charge >= 0.3 is 0 Å². The highest BCUT2D eigenvalue weighted by Gasteiger charge is 2.22. The molecule has 2 aromatic carbocycles. The van der Waals surface area contributed by atoms with Crippen LogP contribution in [0.1, 0.15) is 12.0 Å². The first-order chi connectivity index (χ1) is 10.4. The summed E-state index contributed by atoms with van der Waals surface area (Å²) in [4.78, 5) is 4.51. The maximum absolute atomic E-state index is 5.64. The zero-order valence-electron chi connectivity index (χ0n) is 11.5. The Hall–Kier alpha value is -2.24. The molecule has 1 N–H and O–H groups in total. The van der Waals surface area contributed by atoms with Crippen molar-refractivity contribution in [2.24, 2.45) is 0 Å². The third-order valence-electron chi connectivity index (χ3n) is 3.68. The molecule has 5 heteroatoms. The zero-order valence-corrected chi connectivity index (χ0v) is 11.5. The quantitative estimate of drug-likeness (QED) is 0.782. The third kappa shape index (κ3) is 2.30. The van der Waals surface area contributed by atoms with Gasteiger partial charge in [0.2, 0.25) is 5.82 Å². The van der Waals surface area contributed by atoms with Crippen molar-refractivity contribution in [1.82, 2.24) is 15.5 Å².